The number of carbonyl (C=O) groups excluding carboxylic acids is 1. The van der Waals surface area contributed by atoms with Crippen LogP contribution in [-0.2, 0) is 11.2 Å². The summed E-state index contributed by atoms with van der Waals surface area (Å²) in [5.74, 6) is 0.0371. The Morgan fingerprint density at radius 3 is 2.39 bits per heavy atom. The monoisotopic (exact) mass is 426 g/mol. The highest BCUT2D eigenvalue weighted by Crippen LogP contribution is 2.30. The molecule has 0 aliphatic heterocycles. The van der Waals surface area contributed by atoms with Gasteiger partial charge in [0.25, 0.3) is 0 Å². The molecular formula is C26H35FN2O2. The number of ether oxygens (including phenoxy) is 1. The minimum absolute atomic E-state index is 0.0200. The molecule has 0 saturated heterocycles. The summed E-state index contributed by atoms with van der Waals surface area (Å²) in [6.07, 6.45) is 15.6. The van der Waals surface area contributed by atoms with Gasteiger partial charge in [0.05, 0.1) is 5.56 Å². The van der Waals surface area contributed by atoms with E-state index < -0.39 is 11.8 Å². The lowest BCUT2D eigenvalue weighted by Crippen LogP contribution is -2.25. The number of benzene rings is 1. The maximum Gasteiger partial charge on any atom is 0.341 e. The minimum atomic E-state index is -0.589. The van der Waals surface area contributed by atoms with Gasteiger partial charge >= 0.3 is 5.97 Å². The molecular weight excluding hydrogens is 391 g/mol. The van der Waals surface area contributed by atoms with Gasteiger partial charge in [0.15, 0.2) is 5.82 Å². The number of nitrogens with zero attached hydrogens (tertiary/aromatic N) is 2. The van der Waals surface area contributed by atoms with Crippen LogP contribution in [0.1, 0.15) is 94.0 Å². The molecule has 1 aliphatic rings. The van der Waals surface area contributed by atoms with Gasteiger partial charge in [-0.25, -0.2) is 19.2 Å². The molecule has 1 aliphatic carbocycles. The van der Waals surface area contributed by atoms with Gasteiger partial charge in [-0.1, -0.05) is 52.0 Å². The molecule has 0 unspecified atom stereocenters. The number of aryl methyl sites for hydroxylation is 1. The SMILES string of the molecule is CCCCCC1CCC(OC(=O)c2ccc(-c3ncc(CCCC)cn3)cc2F)CC1. The third-order valence-corrected chi connectivity index (χ3v) is 6.25. The van der Waals surface area contributed by atoms with Crippen LogP contribution in [0.4, 0.5) is 4.39 Å². The molecule has 168 valence electrons. The first-order valence-corrected chi connectivity index (χ1v) is 11.9. The predicted octanol–water partition coefficient (Wildman–Crippen LogP) is 6.92. The summed E-state index contributed by atoms with van der Waals surface area (Å²) in [4.78, 5) is 21.2. The van der Waals surface area contributed by atoms with E-state index in [1.165, 1.54) is 37.8 Å². The minimum Gasteiger partial charge on any atom is -0.459 e. The first-order valence-electron chi connectivity index (χ1n) is 11.9. The standard InChI is InChI=1S/C26H35FN2O2/c1-3-5-7-9-19-10-13-22(14-11-19)31-26(30)23-15-12-21(16-24(23)27)25-28-17-20(18-29-25)8-6-4-2/h12,15-19,22H,3-11,13-14H2,1-2H3. The lowest BCUT2D eigenvalue weighted by molar-refractivity contribution is 0.0156. The lowest BCUT2D eigenvalue weighted by atomic mass is 9.84. The second kappa shape index (κ2) is 11.9. The van der Waals surface area contributed by atoms with E-state index in [0.717, 1.165) is 56.4 Å². The Kier molecular flexibility index (Phi) is 8.98. The Bertz CT molecular complexity index is 830. The highest BCUT2D eigenvalue weighted by molar-refractivity contribution is 5.90. The number of hydrogen-bond acceptors (Lipinski definition) is 4. The molecule has 0 N–H and O–H groups in total. The quantitative estimate of drug-likeness (QED) is 0.306. The number of aromatic nitrogens is 2. The first kappa shape index (κ1) is 23.4. The van der Waals surface area contributed by atoms with Gasteiger partial charge in [-0.15, -0.1) is 0 Å². The molecule has 0 amide bonds. The number of esters is 1. The van der Waals surface area contributed by atoms with E-state index in [-0.39, 0.29) is 11.7 Å². The summed E-state index contributed by atoms with van der Waals surface area (Å²) in [6, 6.07) is 4.49. The van der Waals surface area contributed by atoms with Crippen LogP contribution in [0.5, 0.6) is 0 Å². The maximum absolute atomic E-state index is 14.7. The van der Waals surface area contributed by atoms with Crippen LogP contribution in [0.15, 0.2) is 30.6 Å². The van der Waals surface area contributed by atoms with E-state index in [9.17, 15) is 9.18 Å². The number of halogens is 1. The third kappa shape index (κ3) is 6.84. The van der Waals surface area contributed by atoms with Crippen molar-refractivity contribution in [2.24, 2.45) is 5.92 Å². The fraction of sp³-hybridized carbons (Fsp3) is 0.577. The molecule has 1 saturated carbocycles. The number of unbranched alkanes of at least 4 members (excludes halogenated alkanes) is 3. The Morgan fingerprint density at radius 2 is 1.74 bits per heavy atom. The van der Waals surface area contributed by atoms with Crippen molar-refractivity contribution in [2.75, 3.05) is 0 Å². The van der Waals surface area contributed by atoms with Crippen molar-refractivity contribution < 1.29 is 13.9 Å². The number of carbonyl (C=O) groups is 1. The van der Waals surface area contributed by atoms with Crippen LogP contribution >= 0.6 is 0 Å². The highest BCUT2D eigenvalue weighted by atomic mass is 19.1. The normalized spacial score (nSPS) is 18.7. The van der Waals surface area contributed by atoms with Gasteiger partial charge in [0.2, 0.25) is 0 Å². The van der Waals surface area contributed by atoms with Gasteiger partial charge in [-0.3, -0.25) is 0 Å². The fourth-order valence-corrected chi connectivity index (χ4v) is 4.27. The fourth-order valence-electron chi connectivity index (χ4n) is 4.27. The van der Waals surface area contributed by atoms with Crippen LogP contribution < -0.4 is 0 Å². The highest BCUT2D eigenvalue weighted by Gasteiger charge is 2.25. The molecule has 2 aromatic rings. The molecule has 0 bridgehead atoms. The second-order valence-corrected chi connectivity index (χ2v) is 8.76. The van der Waals surface area contributed by atoms with Gasteiger partial charge in [-0.2, -0.15) is 0 Å². The molecule has 1 heterocycles. The van der Waals surface area contributed by atoms with Crippen LogP contribution in [0, 0.1) is 11.7 Å². The van der Waals surface area contributed by atoms with Crippen molar-refractivity contribution in [3.05, 3.63) is 47.5 Å². The zero-order valence-electron chi connectivity index (χ0n) is 18.9. The molecule has 1 aromatic carbocycles. The van der Waals surface area contributed by atoms with Gasteiger partial charge in [0, 0.05) is 18.0 Å². The van der Waals surface area contributed by atoms with Crippen molar-refractivity contribution in [3.8, 4) is 11.4 Å². The molecule has 0 atom stereocenters. The molecule has 3 rings (SSSR count). The molecule has 5 heteroatoms. The average molecular weight is 427 g/mol. The van der Waals surface area contributed by atoms with Crippen LogP contribution in [-0.4, -0.2) is 22.0 Å². The Hall–Kier alpha value is -2.30. The Labute approximate surface area is 185 Å². The summed E-state index contributed by atoms with van der Waals surface area (Å²) in [6.45, 7) is 4.36. The van der Waals surface area contributed by atoms with E-state index >= 15 is 0 Å². The van der Waals surface area contributed by atoms with E-state index in [0.29, 0.717) is 11.4 Å². The number of rotatable bonds is 10. The molecule has 0 spiro atoms. The predicted molar refractivity (Wildman–Crippen MR) is 121 cm³/mol. The van der Waals surface area contributed by atoms with Gasteiger partial charge in [-0.05, 0) is 62.1 Å². The van der Waals surface area contributed by atoms with E-state index in [2.05, 4.69) is 23.8 Å². The van der Waals surface area contributed by atoms with Crippen molar-refractivity contribution in [1.82, 2.24) is 9.97 Å². The maximum atomic E-state index is 14.7. The number of hydrogen-bond donors (Lipinski definition) is 0. The summed E-state index contributed by atoms with van der Waals surface area (Å²) in [7, 11) is 0. The van der Waals surface area contributed by atoms with Gasteiger partial charge < -0.3 is 4.74 Å². The third-order valence-electron chi connectivity index (χ3n) is 6.25. The zero-order valence-corrected chi connectivity index (χ0v) is 18.9. The first-order chi connectivity index (χ1) is 15.1. The van der Waals surface area contributed by atoms with Crippen molar-refractivity contribution in [2.45, 2.75) is 90.6 Å². The Balaban J connectivity index is 1.54. The van der Waals surface area contributed by atoms with Crippen molar-refractivity contribution >= 4 is 5.97 Å². The van der Waals surface area contributed by atoms with Crippen molar-refractivity contribution in [1.29, 1.82) is 0 Å². The van der Waals surface area contributed by atoms with Crippen LogP contribution in [0.25, 0.3) is 11.4 Å². The molecule has 4 nitrogen and oxygen atoms in total. The molecule has 0 radical (unpaired) electrons. The molecule has 1 aromatic heterocycles. The van der Waals surface area contributed by atoms with Crippen molar-refractivity contribution in [3.63, 3.8) is 0 Å². The average Bonchev–Trinajstić information content (AvgIpc) is 2.79. The Morgan fingerprint density at radius 1 is 1.03 bits per heavy atom. The van der Waals surface area contributed by atoms with Crippen LogP contribution in [0.3, 0.4) is 0 Å². The summed E-state index contributed by atoms with van der Waals surface area (Å²) in [5.41, 5.74) is 1.61. The van der Waals surface area contributed by atoms with E-state index in [4.69, 9.17) is 4.74 Å². The second-order valence-electron chi connectivity index (χ2n) is 8.76. The van der Waals surface area contributed by atoms with Gasteiger partial charge in [0.1, 0.15) is 11.9 Å². The summed E-state index contributed by atoms with van der Waals surface area (Å²) < 4.78 is 20.3. The largest absolute Gasteiger partial charge is 0.459 e. The summed E-state index contributed by atoms with van der Waals surface area (Å²) in [5, 5.41) is 0. The summed E-state index contributed by atoms with van der Waals surface area (Å²) >= 11 is 0. The zero-order chi connectivity index (χ0) is 22.1. The van der Waals surface area contributed by atoms with E-state index in [1.54, 1.807) is 18.5 Å². The molecule has 31 heavy (non-hydrogen) atoms. The lowest BCUT2D eigenvalue weighted by Gasteiger charge is -2.28. The molecule has 1 fully saturated rings. The topological polar surface area (TPSA) is 52.1 Å². The van der Waals surface area contributed by atoms with Crippen LogP contribution in [0.2, 0.25) is 0 Å². The smallest absolute Gasteiger partial charge is 0.341 e. The van der Waals surface area contributed by atoms with E-state index in [1.807, 2.05) is 0 Å².